The number of ether oxygens (including phenoxy) is 3. The standard InChI is InChI=1S/C21H21ClN4O4/c1-13-16(20(22)26(25-13)15-8-6-5-7-9-15)12-23-24-21(27)14-10-17(28-2)19(30-4)18(11-14)29-3/h5-12H,1-4H3,(H,24,27)/b23-12+. The van der Waals surface area contributed by atoms with E-state index in [2.05, 4.69) is 15.6 Å². The van der Waals surface area contributed by atoms with Gasteiger partial charge in [0.05, 0.1) is 44.5 Å². The fourth-order valence-corrected chi connectivity index (χ4v) is 3.15. The molecule has 0 fully saturated rings. The van der Waals surface area contributed by atoms with Gasteiger partial charge in [0.1, 0.15) is 5.15 Å². The van der Waals surface area contributed by atoms with Crippen molar-refractivity contribution in [3.8, 4) is 22.9 Å². The summed E-state index contributed by atoms with van der Waals surface area (Å²) in [7, 11) is 4.45. The number of rotatable bonds is 7. The van der Waals surface area contributed by atoms with E-state index in [1.807, 2.05) is 37.3 Å². The third-order valence-corrected chi connectivity index (χ3v) is 4.70. The highest BCUT2D eigenvalue weighted by molar-refractivity contribution is 6.32. The van der Waals surface area contributed by atoms with Crippen molar-refractivity contribution in [1.29, 1.82) is 0 Å². The molecule has 0 radical (unpaired) electrons. The summed E-state index contributed by atoms with van der Waals surface area (Å²) in [6, 6.07) is 12.6. The molecule has 0 aliphatic heterocycles. The molecule has 8 nitrogen and oxygen atoms in total. The zero-order chi connectivity index (χ0) is 21.7. The summed E-state index contributed by atoms with van der Waals surface area (Å²) < 4.78 is 17.4. The quantitative estimate of drug-likeness (QED) is 0.458. The fourth-order valence-electron chi connectivity index (χ4n) is 2.83. The van der Waals surface area contributed by atoms with Crippen LogP contribution >= 0.6 is 11.6 Å². The second-order valence-electron chi connectivity index (χ2n) is 6.15. The Kier molecular flexibility index (Phi) is 6.58. The number of aromatic nitrogens is 2. The molecule has 156 valence electrons. The van der Waals surface area contributed by atoms with Crippen molar-refractivity contribution < 1.29 is 19.0 Å². The molecular formula is C21H21ClN4O4. The molecule has 2 aromatic carbocycles. The minimum absolute atomic E-state index is 0.296. The Bertz CT molecular complexity index is 1060. The Morgan fingerprint density at radius 3 is 2.30 bits per heavy atom. The van der Waals surface area contributed by atoms with Gasteiger partial charge in [-0.05, 0) is 31.2 Å². The van der Waals surface area contributed by atoms with Gasteiger partial charge in [-0.2, -0.15) is 10.2 Å². The largest absolute Gasteiger partial charge is 0.493 e. The third kappa shape index (κ3) is 4.23. The molecule has 1 N–H and O–H groups in total. The summed E-state index contributed by atoms with van der Waals surface area (Å²) >= 11 is 6.46. The lowest BCUT2D eigenvalue weighted by Gasteiger charge is -2.13. The molecule has 0 aliphatic carbocycles. The third-order valence-electron chi connectivity index (χ3n) is 4.34. The van der Waals surface area contributed by atoms with E-state index >= 15 is 0 Å². The second kappa shape index (κ2) is 9.32. The van der Waals surface area contributed by atoms with Gasteiger partial charge < -0.3 is 14.2 Å². The molecule has 0 bridgehead atoms. The molecule has 30 heavy (non-hydrogen) atoms. The number of carbonyl (C=O) groups excluding carboxylic acids is 1. The predicted octanol–water partition coefficient (Wildman–Crippen LogP) is 3.62. The van der Waals surface area contributed by atoms with E-state index < -0.39 is 5.91 Å². The Morgan fingerprint density at radius 1 is 1.10 bits per heavy atom. The maximum Gasteiger partial charge on any atom is 0.271 e. The lowest BCUT2D eigenvalue weighted by atomic mass is 10.1. The first-order chi connectivity index (χ1) is 14.5. The Hall–Kier alpha value is -3.52. The first-order valence-corrected chi connectivity index (χ1v) is 9.31. The van der Waals surface area contributed by atoms with Gasteiger partial charge in [0.15, 0.2) is 11.5 Å². The van der Waals surface area contributed by atoms with Crippen molar-refractivity contribution in [2.45, 2.75) is 6.92 Å². The molecule has 0 saturated heterocycles. The van der Waals surface area contributed by atoms with E-state index in [9.17, 15) is 4.79 Å². The molecular weight excluding hydrogens is 408 g/mol. The summed E-state index contributed by atoms with van der Waals surface area (Å²) in [6.45, 7) is 1.81. The maximum atomic E-state index is 12.5. The van der Waals surface area contributed by atoms with Crippen LogP contribution in [0.5, 0.6) is 17.2 Å². The number of nitrogens with zero attached hydrogens (tertiary/aromatic N) is 3. The molecule has 1 heterocycles. The van der Waals surface area contributed by atoms with E-state index in [1.165, 1.54) is 39.7 Å². The summed E-state index contributed by atoms with van der Waals surface area (Å²) in [5.41, 5.74) is 4.87. The number of hydrazone groups is 1. The van der Waals surface area contributed by atoms with E-state index in [0.717, 1.165) is 5.69 Å². The van der Waals surface area contributed by atoms with Crippen molar-refractivity contribution in [3.05, 3.63) is 64.4 Å². The monoisotopic (exact) mass is 428 g/mol. The van der Waals surface area contributed by atoms with Gasteiger partial charge in [-0.1, -0.05) is 29.8 Å². The summed E-state index contributed by atoms with van der Waals surface area (Å²) in [5.74, 6) is 0.688. The van der Waals surface area contributed by atoms with E-state index in [-0.39, 0.29) is 0 Å². The SMILES string of the molecule is COc1cc(C(=O)N/N=C/c2c(C)nn(-c3ccccc3)c2Cl)cc(OC)c1OC. The number of hydrogen-bond acceptors (Lipinski definition) is 6. The van der Waals surface area contributed by atoms with Crippen LogP contribution in [0.15, 0.2) is 47.6 Å². The first-order valence-electron chi connectivity index (χ1n) is 8.94. The molecule has 0 aliphatic rings. The van der Waals surface area contributed by atoms with Crippen LogP contribution in [0.4, 0.5) is 0 Å². The molecule has 3 aromatic rings. The fraction of sp³-hybridized carbons (Fsp3) is 0.190. The Morgan fingerprint density at radius 2 is 1.73 bits per heavy atom. The zero-order valence-electron chi connectivity index (χ0n) is 17.0. The number of hydrogen-bond donors (Lipinski definition) is 1. The topological polar surface area (TPSA) is 87.0 Å². The highest BCUT2D eigenvalue weighted by Crippen LogP contribution is 2.38. The molecule has 0 spiro atoms. The van der Waals surface area contributed by atoms with Crippen LogP contribution in [0, 0.1) is 6.92 Å². The lowest BCUT2D eigenvalue weighted by Crippen LogP contribution is -2.18. The summed E-state index contributed by atoms with van der Waals surface area (Å²) in [4.78, 5) is 12.5. The highest BCUT2D eigenvalue weighted by atomic mass is 35.5. The van der Waals surface area contributed by atoms with Crippen molar-refractivity contribution in [2.24, 2.45) is 5.10 Å². The molecule has 0 saturated carbocycles. The van der Waals surface area contributed by atoms with Crippen LogP contribution < -0.4 is 19.6 Å². The van der Waals surface area contributed by atoms with E-state index in [1.54, 1.807) is 4.68 Å². The van der Waals surface area contributed by atoms with Gasteiger partial charge >= 0.3 is 0 Å². The average Bonchev–Trinajstić information content (AvgIpc) is 3.06. The predicted molar refractivity (Wildman–Crippen MR) is 114 cm³/mol. The van der Waals surface area contributed by atoms with Crippen LogP contribution in [0.1, 0.15) is 21.6 Å². The molecule has 9 heteroatoms. The number of para-hydroxylation sites is 1. The maximum absolute atomic E-state index is 12.5. The summed E-state index contributed by atoms with van der Waals surface area (Å²) in [5, 5.41) is 8.85. The second-order valence-corrected chi connectivity index (χ2v) is 6.51. The van der Waals surface area contributed by atoms with E-state index in [4.69, 9.17) is 25.8 Å². The highest BCUT2D eigenvalue weighted by Gasteiger charge is 2.17. The van der Waals surface area contributed by atoms with Crippen molar-refractivity contribution in [3.63, 3.8) is 0 Å². The number of carbonyl (C=O) groups is 1. The Balaban J connectivity index is 1.81. The molecule has 1 aromatic heterocycles. The number of halogens is 1. The summed E-state index contributed by atoms with van der Waals surface area (Å²) in [6.07, 6.45) is 1.46. The minimum Gasteiger partial charge on any atom is -0.493 e. The van der Waals surface area contributed by atoms with Crippen LogP contribution in [0.25, 0.3) is 5.69 Å². The molecule has 3 rings (SSSR count). The van der Waals surface area contributed by atoms with Gasteiger partial charge in [0, 0.05) is 5.56 Å². The lowest BCUT2D eigenvalue weighted by molar-refractivity contribution is 0.0954. The van der Waals surface area contributed by atoms with Gasteiger partial charge in [-0.15, -0.1) is 0 Å². The normalized spacial score (nSPS) is 10.8. The van der Waals surface area contributed by atoms with Crippen molar-refractivity contribution in [2.75, 3.05) is 21.3 Å². The molecule has 1 amide bonds. The van der Waals surface area contributed by atoms with Gasteiger partial charge in [0.25, 0.3) is 5.91 Å². The molecule has 0 atom stereocenters. The number of benzene rings is 2. The first kappa shape index (κ1) is 21.2. The van der Waals surface area contributed by atoms with Crippen molar-refractivity contribution in [1.82, 2.24) is 15.2 Å². The van der Waals surface area contributed by atoms with Crippen LogP contribution in [-0.4, -0.2) is 43.2 Å². The minimum atomic E-state index is -0.449. The number of methoxy groups -OCH3 is 3. The average molecular weight is 429 g/mol. The van der Waals surface area contributed by atoms with Gasteiger partial charge in [-0.25, -0.2) is 10.1 Å². The smallest absolute Gasteiger partial charge is 0.271 e. The molecule has 0 unspecified atom stereocenters. The van der Waals surface area contributed by atoms with E-state index in [0.29, 0.717) is 39.2 Å². The zero-order valence-corrected chi connectivity index (χ0v) is 17.7. The Labute approximate surface area is 179 Å². The van der Waals surface area contributed by atoms with Crippen LogP contribution in [-0.2, 0) is 0 Å². The van der Waals surface area contributed by atoms with Gasteiger partial charge in [0.2, 0.25) is 5.75 Å². The number of aryl methyl sites for hydroxylation is 1. The number of amides is 1. The van der Waals surface area contributed by atoms with Crippen LogP contribution in [0.3, 0.4) is 0 Å². The van der Waals surface area contributed by atoms with Crippen LogP contribution in [0.2, 0.25) is 5.15 Å². The van der Waals surface area contributed by atoms with Crippen molar-refractivity contribution >= 4 is 23.7 Å². The number of nitrogens with one attached hydrogen (secondary N) is 1. The van der Waals surface area contributed by atoms with Gasteiger partial charge in [-0.3, -0.25) is 4.79 Å².